The third-order valence-electron chi connectivity index (χ3n) is 3.05. The Hall–Kier alpha value is -2.98. The molecule has 0 aliphatic rings. The van der Waals surface area contributed by atoms with E-state index in [4.69, 9.17) is 9.88 Å². The number of amides is 1. The van der Waals surface area contributed by atoms with Gasteiger partial charge in [0.05, 0.1) is 12.0 Å². The van der Waals surface area contributed by atoms with Crippen LogP contribution >= 0.6 is 0 Å². The van der Waals surface area contributed by atoms with E-state index in [9.17, 15) is 23.3 Å². The van der Waals surface area contributed by atoms with Crippen molar-refractivity contribution in [2.75, 3.05) is 12.4 Å². The summed E-state index contributed by atoms with van der Waals surface area (Å²) in [5.74, 6) is -0.646. The minimum atomic E-state index is -4.09. The van der Waals surface area contributed by atoms with Crippen LogP contribution in [0.5, 0.6) is 5.75 Å². The zero-order chi connectivity index (χ0) is 17.9. The highest BCUT2D eigenvalue weighted by atomic mass is 32.2. The lowest BCUT2D eigenvalue weighted by atomic mass is 10.2. The lowest BCUT2D eigenvalue weighted by molar-refractivity contribution is -0.384. The molecule has 0 atom stereocenters. The molecule has 24 heavy (non-hydrogen) atoms. The molecule has 0 saturated heterocycles. The second kappa shape index (κ2) is 6.64. The van der Waals surface area contributed by atoms with Gasteiger partial charge in [0.2, 0.25) is 10.0 Å². The number of sulfonamides is 1. The number of nitrogens with two attached hydrogens (primary N) is 1. The number of ether oxygens (including phenoxy) is 1. The highest BCUT2D eigenvalue weighted by Gasteiger charge is 2.18. The first-order chi connectivity index (χ1) is 11.2. The number of rotatable bonds is 5. The van der Waals surface area contributed by atoms with Gasteiger partial charge in [-0.3, -0.25) is 14.9 Å². The number of nitrogens with one attached hydrogen (secondary N) is 1. The highest BCUT2D eigenvalue weighted by Crippen LogP contribution is 2.24. The molecule has 126 valence electrons. The topological polar surface area (TPSA) is 142 Å². The molecule has 0 spiro atoms. The van der Waals surface area contributed by atoms with Crippen molar-refractivity contribution in [3.05, 3.63) is 58.1 Å². The molecule has 2 rings (SSSR count). The number of nitro groups is 1. The Morgan fingerprint density at radius 3 is 2.54 bits per heavy atom. The van der Waals surface area contributed by atoms with Crippen LogP contribution in [0.2, 0.25) is 0 Å². The molecule has 2 aromatic rings. The Labute approximate surface area is 137 Å². The van der Waals surface area contributed by atoms with E-state index in [1.165, 1.54) is 43.5 Å². The van der Waals surface area contributed by atoms with Gasteiger partial charge in [-0.15, -0.1) is 0 Å². The second-order valence-electron chi connectivity index (χ2n) is 4.67. The number of anilines is 1. The minimum Gasteiger partial charge on any atom is -0.495 e. The van der Waals surface area contributed by atoms with E-state index in [1.54, 1.807) is 0 Å². The number of hydrogen-bond donors (Lipinski definition) is 2. The monoisotopic (exact) mass is 351 g/mol. The van der Waals surface area contributed by atoms with Gasteiger partial charge in [0.25, 0.3) is 11.6 Å². The van der Waals surface area contributed by atoms with Gasteiger partial charge in [0.1, 0.15) is 10.6 Å². The number of primary sulfonamides is 1. The number of hydrogen-bond acceptors (Lipinski definition) is 6. The third kappa shape index (κ3) is 3.86. The summed E-state index contributed by atoms with van der Waals surface area (Å²) in [6.45, 7) is 0. The number of non-ortho nitro benzene ring substituents is 1. The maximum absolute atomic E-state index is 12.2. The van der Waals surface area contributed by atoms with Gasteiger partial charge < -0.3 is 10.1 Å². The van der Waals surface area contributed by atoms with Gasteiger partial charge in [-0.1, -0.05) is 6.07 Å². The number of nitrogens with zero attached hydrogens (tertiary/aromatic N) is 1. The Morgan fingerprint density at radius 1 is 1.25 bits per heavy atom. The number of nitro benzene ring substituents is 1. The molecule has 0 radical (unpaired) electrons. The Morgan fingerprint density at radius 2 is 1.96 bits per heavy atom. The normalized spacial score (nSPS) is 10.9. The zero-order valence-corrected chi connectivity index (χ0v) is 13.2. The van der Waals surface area contributed by atoms with Gasteiger partial charge in [-0.05, 0) is 24.3 Å². The van der Waals surface area contributed by atoms with Crippen molar-refractivity contribution in [2.24, 2.45) is 5.14 Å². The zero-order valence-electron chi connectivity index (χ0n) is 12.4. The summed E-state index contributed by atoms with van der Waals surface area (Å²) in [6, 6.07) is 9.06. The Bertz CT molecular complexity index is 910. The molecule has 2 aromatic carbocycles. The van der Waals surface area contributed by atoms with Gasteiger partial charge >= 0.3 is 0 Å². The molecule has 3 N–H and O–H groups in total. The molecule has 0 aliphatic carbocycles. The van der Waals surface area contributed by atoms with Crippen molar-refractivity contribution in [3.8, 4) is 5.75 Å². The highest BCUT2D eigenvalue weighted by molar-refractivity contribution is 7.89. The van der Waals surface area contributed by atoms with Crippen LogP contribution in [0.25, 0.3) is 0 Å². The fourth-order valence-electron chi connectivity index (χ4n) is 1.94. The summed E-state index contributed by atoms with van der Waals surface area (Å²) in [7, 11) is -2.82. The molecule has 0 unspecified atom stereocenters. The lowest BCUT2D eigenvalue weighted by Gasteiger charge is -2.09. The molecule has 9 nitrogen and oxygen atoms in total. The van der Waals surface area contributed by atoms with Gasteiger partial charge in [0.15, 0.2) is 0 Å². The molecule has 10 heteroatoms. The van der Waals surface area contributed by atoms with E-state index in [0.717, 1.165) is 6.07 Å². The molecule has 0 aromatic heterocycles. The van der Waals surface area contributed by atoms with Crippen LogP contribution in [0.1, 0.15) is 10.4 Å². The maximum Gasteiger partial charge on any atom is 0.271 e. The SMILES string of the molecule is COc1ccc(C(=O)Nc2cccc([N+](=O)[O-])c2)cc1S(N)(=O)=O. The van der Waals surface area contributed by atoms with Gasteiger partial charge in [-0.2, -0.15) is 0 Å². The smallest absolute Gasteiger partial charge is 0.271 e. The van der Waals surface area contributed by atoms with Crippen molar-refractivity contribution in [3.63, 3.8) is 0 Å². The maximum atomic E-state index is 12.2. The van der Waals surface area contributed by atoms with E-state index < -0.39 is 20.9 Å². The predicted molar refractivity (Wildman–Crippen MR) is 85.4 cm³/mol. The quantitative estimate of drug-likeness (QED) is 0.617. The summed E-state index contributed by atoms with van der Waals surface area (Å²) in [4.78, 5) is 22.0. The van der Waals surface area contributed by atoms with E-state index in [1.807, 2.05) is 0 Å². The fraction of sp³-hybridized carbons (Fsp3) is 0.0714. The van der Waals surface area contributed by atoms with Crippen LogP contribution in [0.15, 0.2) is 47.4 Å². The molecule has 1 amide bonds. The predicted octanol–water partition coefficient (Wildman–Crippen LogP) is 1.50. The molecule has 0 saturated carbocycles. The van der Waals surface area contributed by atoms with E-state index in [2.05, 4.69) is 5.32 Å². The second-order valence-corrected chi connectivity index (χ2v) is 6.20. The van der Waals surface area contributed by atoms with Crippen LogP contribution < -0.4 is 15.2 Å². The summed E-state index contributed by atoms with van der Waals surface area (Å²) in [5, 5.41) is 18.3. The summed E-state index contributed by atoms with van der Waals surface area (Å²) in [5.41, 5.74) is 0.0151. The fourth-order valence-corrected chi connectivity index (χ4v) is 2.66. The Kier molecular flexibility index (Phi) is 4.81. The summed E-state index contributed by atoms with van der Waals surface area (Å²) < 4.78 is 28.0. The number of carbonyl (C=O) groups excluding carboxylic acids is 1. The van der Waals surface area contributed by atoms with Crippen molar-refractivity contribution >= 4 is 27.3 Å². The van der Waals surface area contributed by atoms with Crippen LogP contribution in [0.4, 0.5) is 11.4 Å². The number of carbonyl (C=O) groups is 1. The Balaban J connectivity index is 2.34. The van der Waals surface area contributed by atoms with Crippen molar-refractivity contribution in [2.45, 2.75) is 4.90 Å². The molecular formula is C14H13N3O6S. The average molecular weight is 351 g/mol. The standard InChI is InChI=1S/C14H13N3O6S/c1-23-12-6-5-9(7-13(12)24(15,21)22)14(18)16-10-3-2-4-11(8-10)17(19)20/h2-8H,1H3,(H,16,18)(H2,15,21,22). The van der Waals surface area contributed by atoms with Gasteiger partial charge in [-0.25, -0.2) is 13.6 Å². The van der Waals surface area contributed by atoms with E-state index >= 15 is 0 Å². The minimum absolute atomic E-state index is 0.00407. The van der Waals surface area contributed by atoms with Crippen LogP contribution in [-0.2, 0) is 10.0 Å². The summed E-state index contributed by atoms with van der Waals surface area (Å²) in [6.07, 6.45) is 0. The van der Waals surface area contributed by atoms with E-state index in [-0.39, 0.29) is 27.6 Å². The van der Waals surface area contributed by atoms with E-state index in [0.29, 0.717) is 0 Å². The van der Waals surface area contributed by atoms with Gasteiger partial charge in [0, 0.05) is 23.4 Å². The first-order valence-electron chi connectivity index (χ1n) is 6.49. The molecular weight excluding hydrogens is 338 g/mol. The largest absolute Gasteiger partial charge is 0.495 e. The first kappa shape index (κ1) is 17.4. The number of methoxy groups -OCH3 is 1. The lowest BCUT2D eigenvalue weighted by Crippen LogP contribution is -2.16. The molecule has 0 fully saturated rings. The summed E-state index contributed by atoms with van der Waals surface area (Å²) >= 11 is 0. The molecule has 0 aliphatic heterocycles. The van der Waals surface area contributed by atoms with Crippen molar-refractivity contribution in [1.29, 1.82) is 0 Å². The number of benzene rings is 2. The first-order valence-corrected chi connectivity index (χ1v) is 8.03. The van der Waals surface area contributed by atoms with Crippen LogP contribution in [-0.4, -0.2) is 26.4 Å². The van der Waals surface area contributed by atoms with Crippen molar-refractivity contribution < 1.29 is 22.9 Å². The third-order valence-corrected chi connectivity index (χ3v) is 3.98. The average Bonchev–Trinajstić information content (AvgIpc) is 2.53. The van der Waals surface area contributed by atoms with Crippen molar-refractivity contribution in [1.82, 2.24) is 0 Å². The molecule has 0 bridgehead atoms. The van der Waals surface area contributed by atoms with Crippen LogP contribution in [0.3, 0.4) is 0 Å². The molecule has 0 heterocycles. The van der Waals surface area contributed by atoms with Crippen LogP contribution in [0, 0.1) is 10.1 Å².